The number of alkyl halides is 3. The summed E-state index contributed by atoms with van der Waals surface area (Å²) >= 11 is 0. The van der Waals surface area contributed by atoms with Gasteiger partial charge in [0.25, 0.3) is 0 Å². The Labute approximate surface area is 103 Å². The van der Waals surface area contributed by atoms with Gasteiger partial charge in [-0.15, -0.1) is 10.2 Å². The summed E-state index contributed by atoms with van der Waals surface area (Å²) in [6.45, 7) is 2.14. The third kappa shape index (κ3) is 4.26. The molecule has 1 rings (SSSR count). The van der Waals surface area contributed by atoms with Gasteiger partial charge in [0.15, 0.2) is 5.82 Å². The zero-order valence-corrected chi connectivity index (χ0v) is 10.2. The maximum atomic E-state index is 11.9. The van der Waals surface area contributed by atoms with E-state index in [-0.39, 0.29) is 25.7 Å². The van der Waals surface area contributed by atoms with E-state index in [9.17, 15) is 13.2 Å². The zero-order valence-electron chi connectivity index (χ0n) is 10.2. The van der Waals surface area contributed by atoms with Crippen LogP contribution in [-0.4, -0.2) is 39.3 Å². The number of hydrogen-bond donors (Lipinski definition) is 1. The molecule has 0 amide bonds. The topological polar surface area (TPSA) is 60.2 Å². The van der Waals surface area contributed by atoms with E-state index in [1.54, 1.807) is 4.57 Å². The fraction of sp³-hybridized carbons (Fsp3) is 0.800. The van der Waals surface area contributed by atoms with Crippen LogP contribution >= 0.6 is 0 Å². The molecule has 0 unspecified atom stereocenters. The van der Waals surface area contributed by atoms with E-state index in [1.807, 2.05) is 13.8 Å². The van der Waals surface area contributed by atoms with Gasteiger partial charge in [-0.1, -0.05) is 0 Å². The highest BCUT2D eigenvalue weighted by Crippen LogP contribution is 2.15. The Balaban J connectivity index is 2.55. The molecule has 0 atom stereocenters. The molecule has 1 heterocycles. The highest BCUT2D eigenvalue weighted by atomic mass is 19.4. The first-order valence-corrected chi connectivity index (χ1v) is 5.53. The quantitative estimate of drug-likeness (QED) is 0.793. The van der Waals surface area contributed by atoms with Gasteiger partial charge in [-0.3, -0.25) is 0 Å². The summed E-state index contributed by atoms with van der Waals surface area (Å²) in [5.41, 5.74) is 0. The van der Waals surface area contributed by atoms with Crippen molar-refractivity contribution in [3.8, 4) is 0 Å². The molecule has 0 aliphatic carbocycles. The largest absolute Gasteiger partial charge is 0.411 e. The van der Waals surface area contributed by atoms with Crippen LogP contribution in [0.1, 0.15) is 31.5 Å². The Morgan fingerprint density at radius 1 is 1.28 bits per heavy atom. The van der Waals surface area contributed by atoms with Gasteiger partial charge < -0.3 is 14.4 Å². The van der Waals surface area contributed by atoms with Gasteiger partial charge in [0.2, 0.25) is 0 Å². The summed E-state index contributed by atoms with van der Waals surface area (Å²) in [4.78, 5) is 0. The van der Waals surface area contributed by atoms with Crippen LogP contribution in [0.5, 0.6) is 0 Å². The van der Waals surface area contributed by atoms with E-state index in [0.29, 0.717) is 11.6 Å². The molecule has 5 nitrogen and oxygen atoms in total. The Bertz CT molecular complexity index is 377. The van der Waals surface area contributed by atoms with Crippen molar-refractivity contribution in [3.05, 3.63) is 11.6 Å². The normalized spacial score (nSPS) is 12.4. The highest BCUT2D eigenvalue weighted by Gasteiger charge is 2.27. The minimum absolute atomic E-state index is 0.0276. The predicted octanol–water partition coefficient (Wildman–Crippen LogP) is 1.47. The fourth-order valence-corrected chi connectivity index (χ4v) is 1.59. The number of ether oxygens (including phenoxy) is 1. The third-order valence-corrected chi connectivity index (χ3v) is 2.23. The first-order chi connectivity index (χ1) is 8.35. The number of aliphatic hydroxyl groups is 1. The SMILES string of the molecule is CC(C)n1c(CO)nnc1CCOCC(F)(F)F. The molecule has 0 saturated heterocycles. The lowest BCUT2D eigenvalue weighted by atomic mass is 10.3. The minimum atomic E-state index is -4.32. The van der Waals surface area contributed by atoms with E-state index in [4.69, 9.17) is 5.11 Å². The molecule has 0 aliphatic heterocycles. The van der Waals surface area contributed by atoms with Gasteiger partial charge in [0, 0.05) is 12.5 Å². The molecule has 0 aromatic carbocycles. The maximum absolute atomic E-state index is 11.9. The Morgan fingerprint density at radius 2 is 1.89 bits per heavy atom. The van der Waals surface area contributed by atoms with Gasteiger partial charge in [-0.25, -0.2) is 0 Å². The van der Waals surface area contributed by atoms with Crippen molar-refractivity contribution in [1.29, 1.82) is 0 Å². The van der Waals surface area contributed by atoms with Crippen molar-refractivity contribution in [2.75, 3.05) is 13.2 Å². The van der Waals surface area contributed by atoms with Crippen molar-refractivity contribution in [2.24, 2.45) is 0 Å². The van der Waals surface area contributed by atoms with Crippen molar-refractivity contribution in [2.45, 2.75) is 39.1 Å². The van der Waals surface area contributed by atoms with E-state index in [1.165, 1.54) is 0 Å². The minimum Gasteiger partial charge on any atom is -0.388 e. The molecule has 0 bridgehead atoms. The number of nitrogens with zero attached hydrogens (tertiary/aromatic N) is 3. The molecule has 1 aromatic rings. The molecule has 0 spiro atoms. The first kappa shape index (κ1) is 14.9. The summed E-state index contributed by atoms with van der Waals surface area (Å²) in [7, 11) is 0. The average Bonchev–Trinajstić information content (AvgIpc) is 2.66. The summed E-state index contributed by atoms with van der Waals surface area (Å²) in [5.74, 6) is 0.909. The number of rotatable bonds is 6. The molecule has 0 fully saturated rings. The van der Waals surface area contributed by atoms with Gasteiger partial charge in [0.05, 0.1) is 6.61 Å². The molecule has 1 N–H and O–H groups in total. The van der Waals surface area contributed by atoms with Crippen LogP contribution in [0.4, 0.5) is 13.2 Å². The maximum Gasteiger partial charge on any atom is 0.411 e. The lowest BCUT2D eigenvalue weighted by Gasteiger charge is -2.13. The second-order valence-electron chi connectivity index (χ2n) is 4.07. The molecular formula is C10H16F3N3O2. The zero-order chi connectivity index (χ0) is 13.8. The summed E-state index contributed by atoms with van der Waals surface area (Å²) < 4.78 is 41.8. The molecule has 0 radical (unpaired) electrons. The molecule has 1 aromatic heterocycles. The van der Waals surface area contributed by atoms with Crippen molar-refractivity contribution in [3.63, 3.8) is 0 Å². The van der Waals surface area contributed by atoms with Crippen molar-refractivity contribution < 1.29 is 23.0 Å². The Morgan fingerprint density at radius 3 is 2.39 bits per heavy atom. The van der Waals surface area contributed by atoms with Crippen LogP contribution in [0, 0.1) is 0 Å². The molecule has 104 valence electrons. The first-order valence-electron chi connectivity index (χ1n) is 5.53. The smallest absolute Gasteiger partial charge is 0.388 e. The van der Waals surface area contributed by atoms with E-state index < -0.39 is 12.8 Å². The van der Waals surface area contributed by atoms with E-state index >= 15 is 0 Å². The second kappa shape index (κ2) is 6.14. The average molecular weight is 267 g/mol. The molecule has 0 saturated carbocycles. The van der Waals surface area contributed by atoms with Gasteiger partial charge in [0.1, 0.15) is 19.0 Å². The Hall–Kier alpha value is -1.15. The Kier molecular flexibility index (Phi) is 5.09. The van der Waals surface area contributed by atoms with Crippen molar-refractivity contribution in [1.82, 2.24) is 14.8 Å². The number of aliphatic hydroxyl groups excluding tert-OH is 1. The fourth-order valence-electron chi connectivity index (χ4n) is 1.59. The summed E-state index contributed by atoms with van der Waals surface area (Å²) in [6, 6.07) is 0.0276. The highest BCUT2D eigenvalue weighted by molar-refractivity contribution is 4.97. The van der Waals surface area contributed by atoms with Crippen LogP contribution in [0.25, 0.3) is 0 Å². The number of halogens is 3. The monoisotopic (exact) mass is 267 g/mol. The van der Waals surface area contributed by atoms with Crippen LogP contribution in [0.15, 0.2) is 0 Å². The molecule has 8 heteroatoms. The number of aromatic nitrogens is 3. The van der Waals surface area contributed by atoms with E-state index in [0.717, 1.165) is 0 Å². The van der Waals surface area contributed by atoms with Crippen LogP contribution in [0.3, 0.4) is 0 Å². The third-order valence-electron chi connectivity index (χ3n) is 2.23. The van der Waals surface area contributed by atoms with Gasteiger partial charge >= 0.3 is 6.18 Å². The molecule has 18 heavy (non-hydrogen) atoms. The summed E-state index contributed by atoms with van der Waals surface area (Å²) in [5, 5.41) is 16.7. The lowest BCUT2D eigenvalue weighted by molar-refractivity contribution is -0.173. The van der Waals surface area contributed by atoms with Crippen LogP contribution in [-0.2, 0) is 17.8 Å². The van der Waals surface area contributed by atoms with Crippen LogP contribution < -0.4 is 0 Å². The van der Waals surface area contributed by atoms with Crippen LogP contribution in [0.2, 0.25) is 0 Å². The van der Waals surface area contributed by atoms with Crippen molar-refractivity contribution >= 4 is 0 Å². The number of hydrogen-bond acceptors (Lipinski definition) is 4. The van der Waals surface area contributed by atoms with Gasteiger partial charge in [-0.05, 0) is 13.8 Å². The lowest BCUT2D eigenvalue weighted by Crippen LogP contribution is -2.19. The standard InChI is InChI=1S/C10H16F3N3O2/c1-7(2)16-8(14-15-9(16)5-17)3-4-18-6-10(11,12)13/h7,17H,3-6H2,1-2H3. The van der Waals surface area contributed by atoms with E-state index in [2.05, 4.69) is 14.9 Å². The summed E-state index contributed by atoms with van der Waals surface area (Å²) in [6.07, 6.45) is -4.09. The second-order valence-corrected chi connectivity index (χ2v) is 4.07. The molecule has 0 aliphatic rings. The van der Waals surface area contributed by atoms with Gasteiger partial charge in [-0.2, -0.15) is 13.2 Å². The molecular weight excluding hydrogens is 251 g/mol. The predicted molar refractivity (Wildman–Crippen MR) is 56.9 cm³/mol.